The molecule has 1 aromatic heterocycles. The lowest BCUT2D eigenvalue weighted by molar-refractivity contribution is -0.143. The zero-order valence-corrected chi connectivity index (χ0v) is 12.6. The zero-order valence-electron chi connectivity index (χ0n) is 12.6. The molecule has 2 aromatic rings. The Morgan fingerprint density at radius 3 is 2.71 bits per heavy atom. The van der Waals surface area contributed by atoms with Gasteiger partial charge in [0.1, 0.15) is 5.75 Å². The lowest BCUT2D eigenvalue weighted by Gasteiger charge is -2.18. The third-order valence-corrected chi connectivity index (χ3v) is 3.56. The lowest BCUT2D eigenvalue weighted by Crippen LogP contribution is -2.36. The summed E-state index contributed by atoms with van der Waals surface area (Å²) in [5.74, 6) is 0.440. The normalized spacial score (nSPS) is 10.6. The molecule has 0 saturated carbocycles. The number of hydrogen-bond acceptors (Lipinski definition) is 3. The Bertz CT molecular complexity index is 661. The number of fused-ring (bicyclic) bond motifs is 1. The fourth-order valence-electron chi connectivity index (χ4n) is 2.37. The van der Waals surface area contributed by atoms with Gasteiger partial charge in [0.25, 0.3) is 0 Å². The fraction of sp³-hybridized carbons (Fsp3) is 0.375. The van der Waals surface area contributed by atoms with Gasteiger partial charge in [0.15, 0.2) is 0 Å². The molecule has 112 valence electrons. The van der Waals surface area contributed by atoms with E-state index >= 15 is 0 Å². The summed E-state index contributed by atoms with van der Waals surface area (Å²) in [5, 5.41) is 1.06. The average Bonchev–Trinajstić information content (AvgIpc) is 2.89. The molecule has 1 N–H and O–H groups in total. The minimum Gasteiger partial charge on any atom is -0.497 e. The number of benzene rings is 1. The first-order valence-electron chi connectivity index (χ1n) is 7.01. The summed E-state index contributed by atoms with van der Waals surface area (Å²) < 4.78 is 5.23. The van der Waals surface area contributed by atoms with Crippen molar-refractivity contribution in [1.82, 2.24) is 9.88 Å². The number of H-pyrrole nitrogens is 1. The molecule has 0 aliphatic rings. The van der Waals surface area contributed by atoms with E-state index in [9.17, 15) is 9.59 Å². The topological polar surface area (TPSA) is 62.4 Å². The van der Waals surface area contributed by atoms with Crippen LogP contribution in [0.5, 0.6) is 5.75 Å². The van der Waals surface area contributed by atoms with Crippen LogP contribution in [0.25, 0.3) is 10.9 Å². The molecular weight excluding hydrogens is 268 g/mol. The maximum absolute atomic E-state index is 11.8. The quantitative estimate of drug-likeness (QED) is 0.919. The van der Waals surface area contributed by atoms with Gasteiger partial charge < -0.3 is 9.72 Å². The van der Waals surface area contributed by atoms with E-state index in [0.29, 0.717) is 19.4 Å². The Hall–Kier alpha value is -2.30. The van der Waals surface area contributed by atoms with Crippen LogP contribution >= 0.6 is 0 Å². The lowest BCUT2D eigenvalue weighted by atomic mass is 10.1. The Morgan fingerprint density at radius 1 is 1.33 bits per heavy atom. The van der Waals surface area contributed by atoms with E-state index in [2.05, 4.69) is 4.98 Å². The molecule has 5 nitrogen and oxygen atoms in total. The summed E-state index contributed by atoms with van der Waals surface area (Å²) >= 11 is 0. The number of aromatic nitrogens is 1. The van der Waals surface area contributed by atoms with Gasteiger partial charge in [-0.1, -0.05) is 6.92 Å². The van der Waals surface area contributed by atoms with Crippen LogP contribution in [0.1, 0.15) is 25.8 Å². The van der Waals surface area contributed by atoms with Gasteiger partial charge in [0.05, 0.1) is 7.11 Å². The van der Waals surface area contributed by atoms with Crippen LogP contribution in [0.15, 0.2) is 24.4 Å². The number of imide groups is 1. The number of rotatable bonds is 5. The maximum Gasteiger partial charge on any atom is 0.228 e. The standard InChI is InChI=1S/C16H20N2O3/c1-4-16(20)18(11(2)19)8-7-12-10-17-15-6-5-13(21-3)9-14(12)15/h5-6,9-10,17H,4,7-8H2,1-3H3. The highest BCUT2D eigenvalue weighted by molar-refractivity contribution is 5.94. The van der Waals surface area contributed by atoms with Crippen LogP contribution < -0.4 is 4.74 Å². The summed E-state index contributed by atoms with van der Waals surface area (Å²) in [6, 6.07) is 5.81. The molecule has 2 amide bonds. The molecule has 1 aromatic carbocycles. The predicted molar refractivity (Wildman–Crippen MR) is 81.2 cm³/mol. The van der Waals surface area contributed by atoms with Gasteiger partial charge in [0.2, 0.25) is 11.8 Å². The number of nitrogens with one attached hydrogen (secondary N) is 1. The number of nitrogens with zero attached hydrogens (tertiary/aromatic N) is 1. The summed E-state index contributed by atoms with van der Waals surface area (Å²) in [6.45, 7) is 3.58. The van der Waals surface area contributed by atoms with Crippen LogP contribution in [0.2, 0.25) is 0 Å². The SMILES string of the molecule is CCC(=O)N(CCc1c[nH]c2ccc(OC)cc12)C(C)=O. The van der Waals surface area contributed by atoms with Crippen LogP contribution in [0.3, 0.4) is 0 Å². The van der Waals surface area contributed by atoms with Crippen LogP contribution in [-0.4, -0.2) is 35.4 Å². The van der Waals surface area contributed by atoms with E-state index in [-0.39, 0.29) is 11.8 Å². The van der Waals surface area contributed by atoms with Gasteiger partial charge in [-0.25, -0.2) is 0 Å². The Labute approximate surface area is 123 Å². The number of ether oxygens (including phenoxy) is 1. The first kappa shape index (κ1) is 15.1. The molecule has 0 aliphatic carbocycles. The van der Waals surface area contributed by atoms with Crippen molar-refractivity contribution in [1.29, 1.82) is 0 Å². The van der Waals surface area contributed by atoms with E-state index in [0.717, 1.165) is 22.2 Å². The summed E-state index contributed by atoms with van der Waals surface area (Å²) in [4.78, 5) is 27.8. The number of carbonyl (C=O) groups is 2. The number of methoxy groups -OCH3 is 1. The van der Waals surface area contributed by atoms with Crippen molar-refractivity contribution in [3.63, 3.8) is 0 Å². The van der Waals surface area contributed by atoms with E-state index in [1.165, 1.54) is 11.8 Å². The molecule has 0 atom stereocenters. The molecule has 0 radical (unpaired) electrons. The largest absolute Gasteiger partial charge is 0.497 e. The second-order valence-electron chi connectivity index (χ2n) is 4.89. The minimum absolute atomic E-state index is 0.139. The van der Waals surface area contributed by atoms with E-state index in [4.69, 9.17) is 4.74 Å². The highest BCUT2D eigenvalue weighted by Crippen LogP contribution is 2.24. The molecule has 5 heteroatoms. The van der Waals surface area contributed by atoms with Crippen molar-refractivity contribution in [3.05, 3.63) is 30.0 Å². The minimum atomic E-state index is -0.209. The van der Waals surface area contributed by atoms with Crippen LogP contribution in [0, 0.1) is 0 Å². The molecule has 0 bridgehead atoms. The number of carbonyl (C=O) groups excluding carboxylic acids is 2. The highest BCUT2D eigenvalue weighted by atomic mass is 16.5. The molecule has 1 heterocycles. The van der Waals surface area contributed by atoms with Gasteiger partial charge in [-0.3, -0.25) is 14.5 Å². The smallest absolute Gasteiger partial charge is 0.228 e. The second-order valence-corrected chi connectivity index (χ2v) is 4.89. The predicted octanol–water partition coefficient (Wildman–Crippen LogP) is 2.50. The Kier molecular flexibility index (Phi) is 4.62. The van der Waals surface area contributed by atoms with Crippen molar-refractivity contribution >= 4 is 22.7 Å². The van der Waals surface area contributed by atoms with Gasteiger partial charge in [-0.15, -0.1) is 0 Å². The van der Waals surface area contributed by atoms with Crippen LogP contribution in [0.4, 0.5) is 0 Å². The second kappa shape index (κ2) is 6.43. The van der Waals surface area contributed by atoms with E-state index in [1.54, 1.807) is 14.0 Å². The number of amides is 2. The molecule has 21 heavy (non-hydrogen) atoms. The van der Waals surface area contributed by atoms with Gasteiger partial charge >= 0.3 is 0 Å². The molecule has 0 aliphatic heterocycles. The van der Waals surface area contributed by atoms with Crippen molar-refractivity contribution in [2.45, 2.75) is 26.7 Å². The summed E-state index contributed by atoms with van der Waals surface area (Å²) in [6.07, 6.45) is 2.87. The molecule has 0 fully saturated rings. The molecule has 0 unspecified atom stereocenters. The first-order chi connectivity index (χ1) is 10.1. The molecule has 2 rings (SSSR count). The van der Waals surface area contributed by atoms with Gasteiger partial charge in [-0.05, 0) is 30.2 Å². The zero-order chi connectivity index (χ0) is 15.4. The van der Waals surface area contributed by atoms with Crippen molar-refractivity contribution < 1.29 is 14.3 Å². The first-order valence-corrected chi connectivity index (χ1v) is 7.01. The number of hydrogen-bond donors (Lipinski definition) is 1. The maximum atomic E-state index is 11.8. The fourth-order valence-corrected chi connectivity index (χ4v) is 2.37. The average molecular weight is 288 g/mol. The Balaban J connectivity index is 2.19. The monoisotopic (exact) mass is 288 g/mol. The third-order valence-electron chi connectivity index (χ3n) is 3.56. The molecule has 0 saturated heterocycles. The Morgan fingerprint density at radius 2 is 2.10 bits per heavy atom. The summed E-state index contributed by atoms with van der Waals surface area (Å²) in [5.41, 5.74) is 2.08. The van der Waals surface area contributed by atoms with E-state index < -0.39 is 0 Å². The van der Waals surface area contributed by atoms with Crippen molar-refractivity contribution in [2.24, 2.45) is 0 Å². The van der Waals surface area contributed by atoms with E-state index in [1.807, 2.05) is 24.4 Å². The van der Waals surface area contributed by atoms with Crippen molar-refractivity contribution in [3.8, 4) is 5.75 Å². The highest BCUT2D eigenvalue weighted by Gasteiger charge is 2.16. The van der Waals surface area contributed by atoms with Gasteiger partial charge in [-0.2, -0.15) is 0 Å². The molecule has 0 spiro atoms. The third kappa shape index (κ3) is 3.24. The van der Waals surface area contributed by atoms with Gasteiger partial charge in [0, 0.05) is 37.0 Å². The van der Waals surface area contributed by atoms with Crippen molar-refractivity contribution in [2.75, 3.05) is 13.7 Å². The van der Waals surface area contributed by atoms with Crippen LogP contribution in [-0.2, 0) is 16.0 Å². The molecular formula is C16H20N2O3. The number of aromatic amines is 1. The summed E-state index contributed by atoms with van der Waals surface area (Å²) in [7, 11) is 1.63.